The smallest absolute Gasteiger partial charge is 0.331 e. The van der Waals surface area contributed by atoms with Crippen LogP contribution in [0.3, 0.4) is 0 Å². The zero-order chi connectivity index (χ0) is 18.6. The third-order valence-corrected chi connectivity index (χ3v) is 4.16. The van der Waals surface area contributed by atoms with E-state index in [0.29, 0.717) is 11.6 Å². The summed E-state index contributed by atoms with van der Waals surface area (Å²) >= 11 is 6.20. The van der Waals surface area contributed by atoms with Gasteiger partial charge in [0.2, 0.25) is 0 Å². The standard InChI is InChI=1S/C18H20ClN3O3/c1-11-15(8-9-17(23)25-13(3)18(20)24)12(2)22(21-11)10-14-6-4-5-7-16(14)19/h4-9,13H,10H2,1-3H3,(H2,20,24)/b9-8+/t13-/m1/s1. The molecular formula is C18H20ClN3O3. The average Bonchev–Trinajstić information content (AvgIpc) is 2.81. The molecule has 1 aromatic heterocycles. The third kappa shape index (κ3) is 4.70. The van der Waals surface area contributed by atoms with Gasteiger partial charge in [-0.15, -0.1) is 0 Å². The first-order valence-electron chi connectivity index (χ1n) is 7.75. The van der Waals surface area contributed by atoms with Gasteiger partial charge < -0.3 is 10.5 Å². The van der Waals surface area contributed by atoms with Gasteiger partial charge >= 0.3 is 5.97 Å². The van der Waals surface area contributed by atoms with Crippen LogP contribution in [0.5, 0.6) is 0 Å². The predicted molar refractivity (Wildman–Crippen MR) is 96.0 cm³/mol. The molecule has 0 saturated carbocycles. The van der Waals surface area contributed by atoms with Crippen LogP contribution in [-0.2, 0) is 20.9 Å². The van der Waals surface area contributed by atoms with Crippen LogP contribution in [0.1, 0.15) is 29.4 Å². The number of amides is 1. The van der Waals surface area contributed by atoms with Gasteiger partial charge in [0.1, 0.15) is 0 Å². The van der Waals surface area contributed by atoms with Crippen molar-refractivity contribution in [3.63, 3.8) is 0 Å². The average molecular weight is 362 g/mol. The van der Waals surface area contributed by atoms with E-state index >= 15 is 0 Å². The number of nitrogens with zero attached hydrogens (tertiary/aromatic N) is 2. The molecule has 0 aliphatic rings. The van der Waals surface area contributed by atoms with Crippen LogP contribution < -0.4 is 5.73 Å². The highest BCUT2D eigenvalue weighted by molar-refractivity contribution is 6.31. The van der Waals surface area contributed by atoms with Crippen molar-refractivity contribution in [3.05, 3.63) is 57.9 Å². The van der Waals surface area contributed by atoms with Crippen molar-refractivity contribution in [2.75, 3.05) is 0 Å². The quantitative estimate of drug-likeness (QED) is 0.633. The topological polar surface area (TPSA) is 87.2 Å². The Labute approximate surface area is 151 Å². The number of rotatable bonds is 6. The highest BCUT2D eigenvalue weighted by atomic mass is 35.5. The molecule has 1 aromatic carbocycles. The summed E-state index contributed by atoms with van der Waals surface area (Å²) in [7, 11) is 0. The fourth-order valence-corrected chi connectivity index (χ4v) is 2.51. The molecule has 2 N–H and O–H groups in total. The SMILES string of the molecule is Cc1nn(Cc2ccccc2Cl)c(C)c1/C=C/C(=O)O[C@H](C)C(N)=O. The Hall–Kier alpha value is -2.60. The number of hydrogen-bond donors (Lipinski definition) is 1. The molecule has 2 rings (SSSR count). The van der Waals surface area contributed by atoms with Gasteiger partial charge in [-0.1, -0.05) is 29.8 Å². The minimum absolute atomic E-state index is 0.531. The number of benzene rings is 1. The second kappa shape index (κ2) is 7.98. The van der Waals surface area contributed by atoms with Crippen molar-refractivity contribution in [1.29, 1.82) is 0 Å². The van der Waals surface area contributed by atoms with Gasteiger partial charge in [0.05, 0.1) is 12.2 Å². The van der Waals surface area contributed by atoms with Crippen LogP contribution >= 0.6 is 11.6 Å². The van der Waals surface area contributed by atoms with Gasteiger partial charge in [0.15, 0.2) is 6.10 Å². The number of carbonyl (C=O) groups is 2. The summed E-state index contributed by atoms with van der Waals surface area (Å²) in [6, 6.07) is 7.57. The van der Waals surface area contributed by atoms with E-state index in [1.165, 1.54) is 13.0 Å². The zero-order valence-electron chi connectivity index (χ0n) is 14.3. The van der Waals surface area contributed by atoms with Crippen LogP contribution in [0.2, 0.25) is 5.02 Å². The van der Waals surface area contributed by atoms with Crippen LogP contribution in [0, 0.1) is 13.8 Å². The molecule has 25 heavy (non-hydrogen) atoms. The number of aryl methyl sites for hydroxylation is 1. The maximum atomic E-state index is 11.7. The molecule has 1 atom stereocenters. The number of halogens is 1. The number of hydrogen-bond acceptors (Lipinski definition) is 4. The molecule has 0 fully saturated rings. The Morgan fingerprint density at radius 1 is 1.36 bits per heavy atom. The minimum Gasteiger partial charge on any atom is -0.449 e. The van der Waals surface area contributed by atoms with E-state index in [1.807, 2.05) is 42.8 Å². The van der Waals surface area contributed by atoms with Gasteiger partial charge in [0.25, 0.3) is 5.91 Å². The predicted octanol–water partition coefficient (Wildman–Crippen LogP) is 2.63. The van der Waals surface area contributed by atoms with Gasteiger partial charge in [-0.05, 0) is 38.5 Å². The largest absolute Gasteiger partial charge is 0.449 e. The summed E-state index contributed by atoms with van der Waals surface area (Å²) in [5, 5.41) is 5.17. The van der Waals surface area contributed by atoms with Crippen molar-refractivity contribution in [2.45, 2.75) is 33.4 Å². The zero-order valence-corrected chi connectivity index (χ0v) is 15.1. The Bertz CT molecular complexity index is 827. The summed E-state index contributed by atoms with van der Waals surface area (Å²) in [6.45, 7) is 5.72. The molecule has 0 radical (unpaired) electrons. The number of aromatic nitrogens is 2. The molecule has 1 amide bonds. The van der Waals surface area contributed by atoms with E-state index in [9.17, 15) is 9.59 Å². The van der Waals surface area contributed by atoms with Crippen LogP contribution in [-0.4, -0.2) is 27.8 Å². The summed E-state index contributed by atoms with van der Waals surface area (Å²) in [4.78, 5) is 22.7. The van der Waals surface area contributed by atoms with Crippen molar-refractivity contribution in [2.24, 2.45) is 5.73 Å². The molecule has 0 aliphatic heterocycles. The lowest BCUT2D eigenvalue weighted by atomic mass is 10.1. The second-order valence-corrected chi connectivity index (χ2v) is 6.06. The van der Waals surface area contributed by atoms with Crippen molar-refractivity contribution < 1.29 is 14.3 Å². The number of carbonyl (C=O) groups excluding carboxylic acids is 2. The van der Waals surface area contributed by atoms with E-state index in [0.717, 1.165) is 22.5 Å². The van der Waals surface area contributed by atoms with Gasteiger partial charge in [0, 0.05) is 22.4 Å². The summed E-state index contributed by atoms with van der Waals surface area (Å²) < 4.78 is 6.71. The molecule has 132 valence electrons. The molecule has 2 aromatic rings. The minimum atomic E-state index is -0.970. The first-order valence-corrected chi connectivity index (χ1v) is 8.12. The van der Waals surface area contributed by atoms with E-state index < -0.39 is 18.0 Å². The van der Waals surface area contributed by atoms with Crippen LogP contribution in [0.15, 0.2) is 30.3 Å². The van der Waals surface area contributed by atoms with E-state index in [1.54, 1.807) is 6.08 Å². The van der Waals surface area contributed by atoms with Crippen LogP contribution in [0.25, 0.3) is 6.08 Å². The van der Waals surface area contributed by atoms with Crippen molar-refractivity contribution in [1.82, 2.24) is 9.78 Å². The Morgan fingerprint density at radius 2 is 2.04 bits per heavy atom. The number of ether oxygens (including phenoxy) is 1. The van der Waals surface area contributed by atoms with Crippen molar-refractivity contribution >= 4 is 29.6 Å². The lowest BCUT2D eigenvalue weighted by Gasteiger charge is -2.07. The first-order chi connectivity index (χ1) is 11.8. The Balaban J connectivity index is 2.16. The molecule has 0 bridgehead atoms. The molecule has 1 heterocycles. The Morgan fingerprint density at radius 3 is 2.68 bits per heavy atom. The van der Waals surface area contributed by atoms with Crippen molar-refractivity contribution in [3.8, 4) is 0 Å². The monoisotopic (exact) mass is 361 g/mol. The van der Waals surface area contributed by atoms with E-state index in [-0.39, 0.29) is 0 Å². The molecule has 7 heteroatoms. The molecular weight excluding hydrogens is 342 g/mol. The van der Waals surface area contributed by atoms with Gasteiger partial charge in [-0.25, -0.2) is 4.79 Å². The maximum absolute atomic E-state index is 11.7. The van der Waals surface area contributed by atoms with E-state index in [4.69, 9.17) is 22.1 Å². The van der Waals surface area contributed by atoms with E-state index in [2.05, 4.69) is 5.10 Å². The maximum Gasteiger partial charge on any atom is 0.331 e. The number of nitrogens with two attached hydrogens (primary N) is 1. The molecule has 0 saturated heterocycles. The summed E-state index contributed by atoms with van der Waals surface area (Å²) in [5.41, 5.74) is 8.51. The third-order valence-electron chi connectivity index (χ3n) is 3.80. The normalized spacial score (nSPS) is 12.3. The summed E-state index contributed by atoms with van der Waals surface area (Å²) in [6.07, 6.45) is 1.91. The van der Waals surface area contributed by atoms with Gasteiger partial charge in [-0.2, -0.15) is 5.10 Å². The number of primary amides is 1. The molecule has 0 aliphatic carbocycles. The summed E-state index contributed by atoms with van der Waals surface area (Å²) in [5.74, 6) is -1.33. The highest BCUT2D eigenvalue weighted by Gasteiger charge is 2.14. The second-order valence-electron chi connectivity index (χ2n) is 5.65. The number of esters is 1. The Kier molecular flexibility index (Phi) is 5.98. The molecule has 0 unspecified atom stereocenters. The fourth-order valence-electron chi connectivity index (χ4n) is 2.32. The molecule has 0 spiro atoms. The highest BCUT2D eigenvalue weighted by Crippen LogP contribution is 2.20. The lowest BCUT2D eigenvalue weighted by Crippen LogP contribution is -2.29. The van der Waals surface area contributed by atoms with Gasteiger partial charge in [-0.3, -0.25) is 9.48 Å². The lowest BCUT2D eigenvalue weighted by molar-refractivity contribution is -0.148. The van der Waals surface area contributed by atoms with Crippen LogP contribution in [0.4, 0.5) is 0 Å². The molecule has 6 nitrogen and oxygen atoms in total. The first kappa shape index (κ1) is 18.7. The fraction of sp³-hybridized carbons (Fsp3) is 0.278.